The second kappa shape index (κ2) is 7.06. The van der Waals surface area contributed by atoms with E-state index in [-0.39, 0.29) is 22.3 Å². The van der Waals surface area contributed by atoms with Gasteiger partial charge in [-0.15, -0.1) is 0 Å². The van der Waals surface area contributed by atoms with Crippen LogP contribution in [0.15, 0.2) is 9.90 Å². The van der Waals surface area contributed by atoms with Gasteiger partial charge in [-0.05, 0) is 32.6 Å². The predicted octanol–water partition coefficient (Wildman–Crippen LogP) is 1.16. The van der Waals surface area contributed by atoms with Crippen LogP contribution in [0.1, 0.15) is 31.9 Å². The summed E-state index contributed by atoms with van der Waals surface area (Å²) in [6.45, 7) is 7.39. The Morgan fingerprint density at radius 1 is 1.41 bits per heavy atom. The lowest BCUT2D eigenvalue weighted by molar-refractivity contribution is 0.159. The highest BCUT2D eigenvalue weighted by molar-refractivity contribution is 7.71. The number of aromatic amines is 1. The number of hydrogen-bond donors (Lipinski definition) is 2. The summed E-state index contributed by atoms with van der Waals surface area (Å²) < 4.78 is 1.79. The molecule has 0 aromatic carbocycles. The zero-order valence-corrected chi connectivity index (χ0v) is 14.1. The largest absolute Gasteiger partial charge is 0.494 e. The van der Waals surface area contributed by atoms with E-state index >= 15 is 0 Å². The van der Waals surface area contributed by atoms with Crippen molar-refractivity contribution in [2.45, 2.75) is 26.3 Å². The summed E-state index contributed by atoms with van der Waals surface area (Å²) in [5.41, 5.74) is -0.271. The maximum Gasteiger partial charge on any atom is 0.264 e. The second-order valence-electron chi connectivity index (χ2n) is 5.63. The van der Waals surface area contributed by atoms with Gasteiger partial charge in [-0.1, -0.05) is 6.92 Å². The molecule has 1 aliphatic rings. The first-order valence-corrected chi connectivity index (χ1v) is 7.90. The van der Waals surface area contributed by atoms with Crippen molar-refractivity contribution in [1.82, 2.24) is 19.5 Å². The highest BCUT2D eigenvalue weighted by Crippen LogP contribution is 2.20. The molecule has 22 heavy (non-hydrogen) atoms. The molecule has 2 rings (SSSR count). The van der Waals surface area contributed by atoms with E-state index in [9.17, 15) is 9.90 Å². The van der Waals surface area contributed by atoms with Gasteiger partial charge in [-0.25, -0.2) is 0 Å². The summed E-state index contributed by atoms with van der Waals surface area (Å²) in [7, 11) is 2.06. The Morgan fingerprint density at radius 2 is 2.05 bits per heavy atom. The van der Waals surface area contributed by atoms with E-state index in [4.69, 9.17) is 12.2 Å². The summed E-state index contributed by atoms with van der Waals surface area (Å²) in [6.07, 6.45) is 2.22. The van der Waals surface area contributed by atoms with Crippen molar-refractivity contribution in [2.75, 3.05) is 33.2 Å². The van der Waals surface area contributed by atoms with Gasteiger partial charge in [0.25, 0.3) is 5.56 Å². The molecule has 2 heterocycles. The summed E-state index contributed by atoms with van der Waals surface area (Å²) >= 11 is 5.14. The Kier molecular flexibility index (Phi) is 5.36. The number of aromatic nitrogens is 2. The molecule has 8 heteroatoms. The molecule has 0 aliphatic carbocycles. The van der Waals surface area contributed by atoms with E-state index in [1.165, 1.54) is 6.21 Å². The maximum absolute atomic E-state index is 12.0. The number of nitrogens with one attached hydrogen (secondary N) is 1. The lowest BCUT2D eigenvalue weighted by Crippen LogP contribution is -2.41. The van der Waals surface area contributed by atoms with Crippen LogP contribution in [0.4, 0.5) is 0 Å². The molecule has 122 valence electrons. The van der Waals surface area contributed by atoms with Crippen LogP contribution in [0.5, 0.6) is 5.88 Å². The fourth-order valence-corrected chi connectivity index (χ4v) is 2.67. The van der Waals surface area contributed by atoms with Crippen LogP contribution in [-0.2, 0) is 0 Å². The number of likely N-dealkylation sites (N-methyl/N-ethyl adjacent to an activating group) is 1. The molecule has 0 bridgehead atoms. The van der Waals surface area contributed by atoms with Crippen LogP contribution < -0.4 is 5.56 Å². The third kappa shape index (κ3) is 3.56. The SMILES string of the molecule is CC[C@@H](C)n1c(O)c(C=NN2CCN(C)CC2)c(=O)[nH]c1=S. The predicted molar refractivity (Wildman–Crippen MR) is 89.2 cm³/mol. The second-order valence-corrected chi connectivity index (χ2v) is 6.01. The average Bonchev–Trinajstić information content (AvgIpc) is 2.48. The quantitative estimate of drug-likeness (QED) is 0.642. The van der Waals surface area contributed by atoms with Gasteiger partial charge in [-0.2, -0.15) is 5.10 Å². The fourth-order valence-electron chi connectivity index (χ4n) is 2.31. The summed E-state index contributed by atoms with van der Waals surface area (Å²) in [5, 5.41) is 16.6. The third-order valence-corrected chi connectivity index (χ3v) is 4.31. The Labute approximate surface area is 134 Å². The van der Waals surface area contributed by atoms with Crippen LogP contribution in [-0.4, -0.2) is 64.0 Å². The van der Waals surface area contributed by atoms with Crippen molar-refractivity contribution >= 4 is 18.4 Å². The first-order valence-electron chi connectivity index (χ1n) is 7.49. The third-order valence-electron chi connectivity index (χ3n) is 4.01. The van der Waals surface area contributed by atoms with Crippen LogP contribution in [0.3, 0.4) is 0 Å². The molecule has 1 fully saturated rings. The minimum atomic E-state index is -0.417. The number of hydrazone groups is 1. The Bertz CT molecular complexity index is 658. The van der Waals surface area contributed by atoms with E-state index in [2.05, 4.69) is 22.0 Å². The van der Waals surface area contributed by atoms with Gasteiger partial charge in [0.1, 0.15) is 5.56 Å². The van der Waals surface area contributed by atoms with Crippen LogP contribution in [0, 0.1) is 4.77 Å². The minimum absolute atomic E-state index is 0.000126. The fraction of sp³-hybridized carbons (Fsp3) is 0.643. The van der Waals surface area contributed by atoms with E-state index in [1.54, 1.807) is 4.57 Å². The molecule has 0 unspecified atom stereocenters. The van der Waals surface area contributed by atoms with Gasteiger partial charge in [-0.3, -0.25) is 19.4 Å². The van der Waals surface area contributed by atoms with E-state index in [1.807, 2.05) is 18.9 Å². The molecule has 0 radical (unpaired) electrons. The van der Waals surface area contributed by atoms with Gasteiger partial charge in [0.15, 0.2) is 4.77 Å². The van der Waals surface area contributed by atoms with Gasteiger partial charge in [0.2, 0.25) is 5.88 Å². The lowest BCUT2D eigenvalue weighted by Gasteiger charge is -2.30. The molecule has 0 saturated carbocycles. The highest BCUT2D eigenvalue weighted by atomic mass is 32.1. The summed E-state index contributed by atoms with van der Waals surface area (Å²) in [5.74, 6) is -0.124. The molecule has 1 aromatic heterocycles. The van der Waals surface area contributed by atoms with Gasteiger partial charge < -0.3 is 10.0 Å². The van der Waals surface area contributed by atoms with E-state index < -0.39 is 5.56 Å². The standard InChI is InChI=1S/C14H23N5O2S/c1-4-10(2)19-13(21)11(12(20)16-14(19)22)9-15-18-7-5-17(3)6-8-18/h9-10,21H,4-8H2,1-3H3,(H,16,20,22)/t10-/m1/s1. The molecule has 2 N–H and O–H groups in total. The average molecular weight is 325 g/mol. The first-order chi connectivity index (χ1) is 10.4. The first kappa shape index (κ1) is 16.7. The van der Waals surface area contributed by atoms with Crippen molar-refractivity contribution in [3.05, 3.63) is 20.7 Å². The van der Waals surface area contributed by atoms with Crippen LogP contribution in [0.2, 0.25) is 0 Å². The number of aromatic hydroxyl groups is 1. The topological polar surface area (TPSA) is 76.9 Å². The van der Waals surface area contributed by atoms with Crippen molar-refractivity contribution in [3.8, 4) is 5.88 Å². The molecule has 1 aliphatic heterocycles. The Morgan fingerprint density at radius 3 is 2.64 bits per heavy atom. The van der Waals surface area contributed by atoms with Crippen molar-refractivity contribution in [2.24, 2.45) is 5.10 Å². The van der Waals surface area contributed by atoms with Gasteiger partial charge >= 0.3 is 0 Å². The maximum atomic E-state index is 12.0. The zero-order valence-electron chi connectivity index (χ0n) is 13.2. The van der Waals surface area contributed by atoms with Crippen molar-refractivity contribution in [1.29, 1.82) is 0 Å². The van der Waals surface area contributed by atoms with Gasteiger partial charge in [0.05, 0.1) is 6.21 Å². The number of hydrogen-bond acceptors (Lipinski definition) is 6. The summed E-state index contributed by atoms with van der Waals surface area (Å²) in [6, 6.07) is 0.000126. The monoisotopic (exact) mass is 325 g/mol. The van der Waals surface area contributed by atoms with E-state index in [0.29, 0.717) is 0 Å². The zero-order chi connectivity index (χ0) is 16.3. The molecular formula is C14H23N5O2S. The van der Waals surface area contributed by atoms with Crippen molar-refractivity contribution < 1.29 is 5.11 Å². The highest BCUT2D eigenvalue weighted by Gasteiger charge is 2.16. The molecular weight excluding hydrogens is 302 g/mol. The number of piperazine rings is 1. The minimum Gasteiger partial charge on any atom is -0.494 e. The molecule has 1 aromatic rings. The molecule has 7 nitrogen and oxygen atoms in total. The van der Waals surface area contributed by atoms with Crippen molar-refractivity contribution in [3.63, 3.8) is 0 Å². The Hall–Kier alpha value is -1.67. The van der Waals surface area contributed by atoms with Crippen LogP contribution in [0.25, 0.3) is 0 Å². The number of nitrogens with zero attached hydrogens (tertiary/aromatic N) is 4. The lowest BCUT2D eigenvalue weighted by atomic mass is 10.2. The number of rotatable bonds is 4. The summed E-state index contributed by atoms with van der Waals surface area (Å²) in [4.78, 5) is 16.9. The molecule has 1 atom stereocenters. The molecule has 1 saturated heterocycles. The van der Waals surface area contributed by atoms with E-state index in [0.717, 1.165) is 32.6 Å². The Balaban J connectivity index is 2.31. The smallest absolute Gasteiger partial charge is 0.264 e. The number of H-pyrrole nitrogens is 1. The molecule has 0 amide bonds. The van der Waals surface area contributed by atoms with Gasteiger partial charge in [0, 0.05) is 32.2 Å². The molecule has 0 spiro atoms. The van der Waals surface area contributed by atoms with Crippen LogP contribution >= 0.6 is 12.2 Å². The normalized spacial score (nSPS) is 18.0.